The molecule has 1 aliphatic rings. The average Bonchev–Trinajstić information content (AvgIpc) is 2.63. The van der Waals surface area contributed by atoms with Crippen LogP contribution in [0.5, 0.6) is 0 Å². The number of carbonyl (C=O) groups is 1. The Labute approximate surface area is 158 Å². The number of likely N-dealkylation sites (tertiary alicyclic amines) is 1. The molecule has 0 aliphatic carbocycles. The van der Waals surface area contributed by atoms with Crippen molar-refractivity contribution in [1.29, 1.82) is 0 Å². The standard InChI is InChI=1S/C20H22ClNO2S/c1-25-18-9-7-14(8-10-18)19(15-4-2-6-17(21)12-15)22-11-3-5-16(13-22)20(23)24/h2,4,6-10,12,16,19H,3,5,11,13H2,1H3,(H,23,24). The molecule has 0 aromatic heterocycles. The molecule has 0 amide bonds. The largest absolute Gasteiger partial charge is 0.481 e. The molecule has 0 bridgehead atoms. The molecule has 1 aliphatic heterocycles. The zero-order valence-electron chi connectivity index (χ0n) is 14.2. The number of hydrogen-bond donors (Lipinski definition) is 1. The molecule has 0 saturated carbocycles. The highest BCUT2D eigenvalue weighted by Gasteiger charge is 2.31. The van der Waals surface area contributed by atoms with Gasteiger partial charge < -0.3 is 5.11 Å². The maximum absolute atomic E-state index is 11.5. The molecule has 0 radical (unpaired) electrons. The number of carboxylic acids is 1. The van der Waals surface area contributed by atoms with Gasteiger partial charge in [0.15, 0.2) is 0 Å². The molecule has 3 rings (SSSR count). The van der Waals surface area contributed by atoms with Crippen molar-refractivity contribution in [2.24, 2.45) is 5.92 Å². The van der Waals surface area contributed by atoms with E-state index in [9.17, 15) is 9.90 Å². The molecule has 1 saturated heterocycles. The molecule has 1 heterocycles. The van der Waals surface area contributed by atoms with Gasteiger partial charge in [-0.05, 0) is 61.0 Å². The Hall–Kier alpha value is -1.49. The minimum atomic E-state index is -0.702. The fourth-order valence-corrected chi connectivity index (χ4v) is 4.13. The van der Waals surface area contributed by atoms with E-state index in [2.05, 4.69) is 41.5 Å². The number of nitrogens with zero attached hydrogens (tertiary/aromatic N) is 1. The molecular weight excluding hydrogens is 354 g/mol. The number of benzene rings is 2. The smallest absolute Gasteiger partial charge is 0.307 e. The molecular formula is C20H22ClNO2S. The molecule has 2 atom stereocenters. The van der Waals surface area contributed by atoms with Crippen molar-refractivity contribution < 1.29 is 9.90 Å². The van der Waals surface area contributed by atoms with Crippen LogP contribution < -0.4 is 0 Å². The second-order valence-corrected chi connectivity index (χ2v) is 7.72. The first-order valence-electron chi connectivity index (χ1n) is 8.44. The zero-order valence-corrected chi connectivity index (χ0v) is 15.8. The first kappa shape index (κ1) is 18.3. The number of piperidine rings is 1. The Balaban J connectivity index is 1.97. The fourth-order valence-electron chi connectivity index (χ4n) is 3.52. The Kier molecular flexibility index (Phi) is 6.05. The Morgan fingerprint density at radius 2 is 2.00 bits per heavy atom. The van der Waals surface area contributed by atoms with E-state index in [4.69, 9.17) is 11.6 Å². The second-order valence-electron chi connectivity index (χ2n) is 6.40. The van der Waals surface area contributed by atoms with Crippen LogP contribution in [0, 0.1) is 5.92 Å². The van der Waals surface area contributed by atoms with Crippen molar-refractivity contribution in [2.75, 3.05) is 19.3 Å². The highest BCUT2D eigenvalue weighted by atomic mass is 35.5. The number of thioether (sulfide) groups is 1. The summed E-state index contributed by atoms with van der Waals surface area (Å²) in [4.78, 5) is 15.0. The number of rotatable bonds is 5. The highest BCUT2D eigenvalue weighted by Crippen LogP contribution is 2.34. The summed E-state index contributed by atoms with van der Waals surface area (Å²) in [6.07, 6.45) is 3.71. The Bertz CT molecular complexity index is 735. The van der Waals surface area contributed by atoms with Crippen LogP contribution in [0.1, 0.15) is 30.0 Å². The molecule has 2 unspecified atom stereocenters. The topological polar surface area (TPSA) is 40.5 Å². The summed E-state index contributed by atoms with van der Waals surface area (Å²) in [6.45, 7) is 1.46. The van der Waals surface area contributed by atoms with Crippen molar-refractivity contribution in [3.63, 3.8) is 0 Å². The molecule has 2 aromatic carbocycles. The summed E-state index contributed by atoms with van der Waals surface area (Å²) < 4.78 is 0. The predicted octanol–water partition coefficient (Wildman–Crippen LogP) is 4.95. The Morgan fingerprint density at radius 1 is 1.24 bits per heavy atom. The van der Waals surface area contributed by atoms with Gasteiger partial charge in [-0.2, -0.15) is 0 Å². The normalized spacial score (nSPS) is 19.5. The first-order chi connectivity index (χ1) is 12.1. The van der Waals surface area contributed by atoms with E-state index in [1.54, 1.807) is 11.8 Å². The SMILES string of the molecule is CSc1ccc(C(c2cccc(Cl)c2)N2CCCC(C(=O)O)C2)cc1. The van der Waals surface area contributed by atoms with Gasteiger partial charge in [0.25, 0.3) is 0 Å². The van der Waals surface area contributed by atoms with Crippen LogP contribution in [0.2, 0.25) is 5.02 Å². The molecule has 5 heteroatoms. The summed E-state index contributed by atoms with van der Waals surface area (Å²) in [5.41, 5.74) is 2.28. The summed E-state index contributed by atoms with van der Waals surface area (Å²) >= 11 is 7.94. The maximum Gasteiger partial charge on any atom is 0.307 e. The van der Waals surface area contributed by atoms with Crippen LogP contribution >= 0.6 is 23.4 Å². The average molecular weight is 376 g/mol. The van der Waals surface area contributed by atoms with E-state index in [0.717, 1.165) is 24.9 Å². The van der Waals surface area contributed by atoms with Gasteiger partial charge in [-0.25, -0.2) is 0 Å². The molecule has 1 fully saturated rings. The summed E-state index contributed by atoms with van der Waals surface area (Å²) in [5.74, 6) is -1.01. The number of aliphatic carboxylic acids is 1. The monoisotopic (exact) mass is 375 g/mol. The van der Waals surface area contributed by atoms with Gasteiger partial charge in [-0.3, -0.25) is 9.69 Å². The zero-order chi connectivity index (χ0) is 17.8. The fraction of sp³-hybridized carbons (Fsp3) is 0.350. The van der Waals surface area contributed by atoms with Gasteiger partial charge >= 0.3 is 5.97 Å². The minimum absolute atomic E-state index is 0.0248. The van der Waals surface area contributed by atoms with Crippen LogP contribution in [-0.2, 0) is 4.79 Å². The quantitative estimate of drug-likeness (QED) is 0.751. The van der Waals surface area contributed by atoms with Crippen molar-refractivity contribution in [2.45, 2.75) is 23.8 Å². The third-order valence-electron chi connectivity index (χ3n) is 4.76. The van der Waals surface area contributed by atoms with E-state index in [0.29, 0.717) is 11.6 Å². The van der Waals surface area contributed by atoms with Crippen LogP contribution in [0.4, 0.5) is 0 Å². The lowest BCUT2D eigenvalue weighted by Crippen LogP contribution is -2.41. The molecule has 25 heavy (non-hydrogen) atoms. The van der Waals surface area contributed by atoms with Crippen molar-refractivity contribution in [3.05, 3.63) is 64.7 Å². The van der Waals surface area contributed by atoms with E-state index < -0.39 is 5.97 Å². The molecule has 3 nitrogen and oxygen atoms in total. The number of halogens is 1. The van der Waals surface area contributed by atoms with Crippen LogP contribution in [0.3, 0.4) is 0 Å². The van der Waals surface area contributed by atoms with Gasteiger partial charge in [-0.1, -0.05) is 35.9 Å². The van der Waals surface area contributed by atoms with Crippen LogP contribution in [-0.4, -0.2) is 35.3 Å². The van der Waals surface area contributed by atoms with E-state index >= 15 is 0 Å². The van der Waals surface area contributed by atoms with Gasteiger partial charge in [0.2, 0.25) is 0 Å². The van der Waals surface area contributed by atoms with Gasteiger partial charge in [0, 0.05) is 16.5 Å². The van der Waals surface area contributed by atoms with Crippen molar-refractivity contribution in [1.82, 2.24) is 4.90 Å². The molecule has 132 valence electrons. The second kappa shape index (κ2) is 8.26. The first-order valence-corrected chi connectivity index (χ1v) is 10.0. The molecule has 1 N–H and O–H groups in total. The van der Waals surface area contributed by atoms with E-state index in [1.807, 2.05) is 18.2 Å². The third kappa shape index (κ3) is 4.38. The van der Waals surface area contributed by atoms with Gasteiger partial charge in [0.1, 0.15) is 0 Å². The molecule has 0 spiro atoms. The summed E-state index contributed by atoms with van der Waals surface area (Å²) in [7, 11) is 0. The Morgan fingerprint density at radius 3 is 2.64 bits per heavy atom. The van der Waals surface area contributed by atoms with Crippen molar-refractivity contribution in [3.8, 4) is 0 Å². The minimum Gasteiger partial charge on any atom is -0.481 e. The number of carboxylic acid groups (broad SMARTS) is 1. The van der Waals surface area contributed by atoms with Gasteiger partial charge in [0.05, 0.1) is 12.0 Å². The van der Waals surface area contributed by atoms with E-state index in [-0.39, 0.29) is 12.0 Å². The highest BCUT2D eigenvalue weighted by molar-refractivity contribution is 7.98. The summed E-state index contributed by atoms with van der Waals surface area (Å²) in [5, 5.41) is 10.1. The lowest BCUT2D eigenvalue weighted by molar-refractivity contribution is -0.143. The summed E-state index contributed by atoms with van der Waals surface area (Å²) in [6, 6.07) is 16.4. The van der Waals surface area contributed by atoms with Crippen LogP contribution in [0.25, 0.3) is 0 Å². The lowest BCUT2D eigenvalue weighted by Gasteiger charge is -2.37. The maximum atomic E-state index is 11.5. The third-order valence-corrected chi connectivity index (χ3v) is 5.74. The van der Waals surface area contributed by atoms with Crippen molar-refractivity contribution >= 4 is 29.3 Å². The van der Waals surface area contributed by atoms with Gasteiger partial charge in [-0.15, -0.1) is 11.8 Å². The predicted molar refractivity (Wildman–Crippen MR) is 103 cm³/mol. The number of hydrogen-bond acceptors (Lipinski definition) is 3. The van der Waals surface area contributed by atoms with E-state index in [1.165, 1.54) is 10.5 Å². The lowest BCUT2D eigenvalue weighted by atomic mass is 9.91. The van der Waals surface area contributed by atoms with Crippen LogP contribution in [0.15, 0.2) is 53.4 Å². The molecule has 2 aromatic rings.